The lowest BCUT2D eigenvalue weighted by molar-refractivity contribution is -0.135. The highest BCUT2D eigenvalue weighted by molar-refractivity contribution is 5.98. The Balaban J connectivity index is 1.34. The number of amides is 8. The number of hydrazine groups is 1. The topological polar surface area (TPSA) is 344 Å². The second-order valence-corrected chi connectivity index (χ2v) is 15.8. The van der Waals surface area contributed by atoms with Gasteiger partial charge in [0.2, 0.25) is 41.4 Å². The lowest BCUT2D eigenvalue weighted by atomic mass is 10.0. The zero-order valence-electron chi connectivity index (χ0n) is 35.2. The van der Waals surface area contributed by atoms with E-state index >= 15 is 0 Å². The third-order valence-corrected chi connectivity index (χ3v) is 10.4. The molecule has 2 aromatic carbocycles. The maximum absolute atomic E-state index is 14.2. The number of H-pyrrole nitrogens is 2. The predicted molar refractivity (Wildman–Crippen MR) is 229 cm³/mol. The van der Waals surface area contributed by atoms with Crippen molar-refractivity contribution in [2.75, 3.05) is 13.2 Å². The summed E-state index contributed by atoms with van der Waals surface area (Å²) in [6, 6.07) is 5.38. The number of aromatic hydroxyl groups is 1. The van der Waals surface area contributed by atoms with E-state index in [1.165, 1.54) is 36.8 Å². The number of phenols is 1. The number of para-hydroxylation sites is 1. The van der Waals surface area contributed by atoms with Crippen LogP contribution in [0.5, 0.6) is 5.75 Å². The molecule has 3 heterocycles. The van der Waals surface area contributed by atoms with Gasteiger partial charge in [-0.1, -0.05) is 44.2 Å². The molecule has 0 aliphatic carbocycles. The molecule has 342 valence electrons. The van der Waals surface area contributed by atoms with Gasteiger partial charge < -0.3 is 57.4 Å². The highest BCUT2D eigenvalue weighted by Gasteiger charge is 2.35. The molecule has 4 aromatic rings. The van der Waals surface area contributed by atoms with Crippen LogP contribution in [0.3, 0.4) is 0 Å². The van der Waals surface area contributed by atoms with Gasteiger partial charge >= 0.3 is 0 Å². The molecule has 8 amide bonds. The first kappa shape index (κ1) is 47.7. The number of aromatic nitrogens is 3. The van der Waals surface area contributed by atoms with Crippen molar-refractivity contribution in [1.29, 1.82) is 0 Å². The van der Waals surface area contributed by atoms with Gasteiger partial charge in [-0.15, -0.1) is 0 Å². The monoisotopic (exact) mass is 886 g/mol. The van der Waals surface area contributed by atoms with Crippen LogP contribution in [-0.4, -0.2) is 122 Å². The van der Waals surface area contributed by atoms with Crippen molar-refractivity contribution in [1.82, 2.24) is 57.6 Å². The van der Waals surface area contributed by atoms with Crippen LogP contribution in [0, 0.1) is 5.92 Å². The number of aliphatic hydroxyl groups is 1. The van der Waals surface area contributed by atoms with Gasteiger partial charge in [-0.3, -0.25) is 43.8 Å². The quantitative estimate of drug-likeness (QED) is 0.0221. The van der Waals surface area contributed by atoms with Gasteiger partial charge in [0.15, 0.2) is 0 Å². The van der Waals surface area contributed by atoms with E-state index in [4.69, 9.17) is 5.84 Å². The fraction of sp³-hybridized carbons (Fsp3) is 0.405. The largest absolute Gasteiger partial charge is 0.508 e. The molecule has 22 nitrogen and oxygen atoms in total. The van der Waals surface area contributed by atoms with Crippen molar-refractivity contribution in [3.05, 3.63) is 84.1 Å². The van der Waals surface area contributed by atoms with Crippen LogP contribution in [-0.2, 0) is 57.6 Å². The maximum Gasteiger partial charge on any atom is 0.256 e. The lowest BCUT2D eigenvalue weighted by Gasteiger charge is -2.26. The van der Waals surface area contributed by atoms with Crippen molar-refractivity contribution in [3.63, 3.8) is 0 Å². The Morgan fingerprint density at radius 3 is 2.06 bits per heavy atom. The van der Waals surface area contributed by atoms with Gasteiger partial charge in [-0.25, -0.2) is 10.8 Å². The summed E-state index contributed by atoms with van der Waals surface area (Å²) in [5.74, 6) is -0.593. The van der Waals surface area contributed by atoms with Crippen LogP contribution in [0.4, 0.5) is 0 Å². The summed E-state index contributed by atoms with van der Waals surface area (Å²) in [5.41, 5.74) is 4.31. The Morgan fingerprint density at radius 1 is 0.781 bits per heavy atom. The number of nitrogens with one attached hydrogen (secondary N) is 10. The summed E-state index contributed by atoms with van der Waals surface area (Å²) in [5, 5.41) is 38.9. The van der Waals surface area contributed by atoms with E-state index < -0.39 is 90.8 Å². The van der Waals surface area contributed by atoms with E-state index in [0.717, 1.165) is 10.9 Å². The second-order valence-electron chi connectivity index (χ2n) is 15.8. The molecule has 1 saturated heterocycles. The fourth-order valence-corrected chi connectivity index (χ4v) is 7.07. The number of hydrogen-bond donors (Lipinski definition) is 13. The summed E-state index contributed by atoms with van der Waals surface area (Å²) in [4.78, 5) is 116. The number of benzene rings is 2. The number of aromatic amines is 2. The summed E-state index contributed by atoms with van der Waals surface area (Å²) in [6.07, 6.45) is 4.76. The van der Waals surface area contributed by atoms with Gasteiger partial charge in [0.25, 0.3) is 5.91 Å². The molecule has 1 aliphatic rings. The minimum absolute atomic E-state index is 0.00679. The number of nitrogens with zero attached hydrogens (tertiary/aromatic N) is 1. The summed E-state index contributed by atoms with van der Waals surface area (Å²) >= 11 is 0. The second kappa shape index (κ2) is 22.7. The lowest BCUT2D eigenvalue weighted by Crippen LogP contribution is -2.60. The molecule has 0 bridgehead atoms. The number of nitrogens with two attached hydrogens (primary N) is 1. The van der Waals surface area contributed by atoms with E-state index in [9.17, 15) is 48.6 Å². The predicted octanol–water partition coefficient (Wildman–Crippen LogP) is -2.53. The highest BCUT2D eigenvalue weighted by atomic mass is 16.3. The van der Waals surface area contributed by atoms with Crippen LogP contribution in [0.15, 0.2) is 67.3 Å². The Kier molecular flexibility index (Phi) is 16.9. The number of hydrogen-bond acceptors (Lipinski definition) is 12. The zero-order valence-corrected chi connectivity index (χ0v) is 35.2. The summed E-state index contributed by atoms with van der Waals surface area (Å²) in [6.45, 7) is 2.13. The van der Waals surface area contributed by atoms with Crippen molar-refractivity contribution < 1.29 is 48.6 Å². The SMILES string of the molecule is CC(C)CC(NC(=O)CNC(=O)C(Cc1ccc(O)cc1)NC(=O)C(CO)NC(=O)C(Cc1c[nH]c2ccccc12)NC(=O)C(Cc1cnc[nH]1)NC(=O)C1CCC(=O)N1)C(=O)NN. The molecule has 0 spiro atoms. The van der Waals surface area contributed by atoms with Gasteiger partial charge in [-0.05, 0) is 48.1 Å². The molecule has 0 radical (unpaired) electrons. The average Bonchev–Trinajstić information content (AvgIpc) is 4.06. The molecule has 64 heavy (non-hydrogen) atoms. The first-order chi connectivity index (χ1) is 30.6. The number of carbonyl (C=O) groups excluding carboxylic acids is 8. The minimum Gasteiger partial charge on any atom is -0.508 e. The van der Waals surface area contributed by atoms with E-state index in [-0.39, 0.29) is 56.1 Å². The van der Waals surface area contributed by atoms with E-state index in [1.807, 2.05) is 37.5 Å². The van der Waals surface area contributed by atoms with E-state index in [1.54, 1.807) is 12.3 Å². The normalized spacial score (nSPS) is 15.8. The van der Waals surface area contributed by atoms with Crippen molar-refractivity contribution >= 4 is 58.2 Å². The molecule has 6 unspecified atom stereocenters. The summed E-state index contributed by atoms with van der Waals surface area (Å²) < 4.78 is 0. The first-order valence-corrected chi connectivity index (χ1v) is 20.6. The van der Waals surface area contributed by atoms with Crippen LogP contribution in [0.1, 0.15) is 49.9 Å². The molecule has 14 N–H and O–H groups in total. The van der Waals surface area contributed by atoms with Crippen molar-refractivity contribution in [3.8, 4) is 5.75 Å². The third kappa shape index (κ3) is 13.6. The van der Waals surface area contributed by atoms with Gasteiger partial charge in [-0.2, -0.15) is 0 Å². The van der Waals surface area contributed by atoms with E-state index in [0.29, 0.717) is 16.8 Å². The van der Waals surface area contributed by atoms with Crippen LogP contribution < -0.4 is 48.5 Å². The number of imidazole rings is 1. The minimum atomic E-state index is -1.67. The molecule has 5 rings (SSSR count). The van der Waals surface area contributed by atoms with Gasteiger partial charge in [0.1, 0.15) is 42.0 Å². The average molecular weight is 887 g/mol. The summed E-state index contributed by atoms with van der Waals surface area (Å²) in [7, 11) is 0. The molecule has 0 saturated carbocycles. The number of rotatable bonds is 22. The fourth-order valence-electron chi connectivity index (χ4n) is 7.07. The third-order valence-electron chi connectivity index (χ3n) is 10.4. The highest BCUT2D eigenvalue weighted by Crippen LogP contribution is 2.20. The van der Waals surface area contributed by atoms with Crippen LogP contribution in [0.2, 0.25) is 0 Å². The van der Waals surface area contributed by atoms with Crippen LogP contribution in [0.25, 0.3) is 10.9 Å². The van der Waals surface area contributed by atoms with Gasteiger partial charge in [0.05, 0.1) is 19.5 Å². The molecule has 1 aliphatic heterocycles. The molecular weight excluding hydrogens is 833 g/mol. The Morgan fingerprint density at radius 2 is 1.44 bits per heavy atom. The molecule has 1 fully saturated rings. The molecule has 6 atom stereocenters. The molecular formula is C42H54N12O10. The number of phenolic OH excluding ortho intramolecular Hbond substituents is 1. The molecule has 22 heteroatoms. The molecule has 2 aromatic heterocycles. The Labute approximate surface area is 367 Å². The van der Waals surface area contributed by atoms with Crippen LogP contribution >= 0.6 is 0 Å². The smallest absolute Gasteiger partial charge is 0.256 e. The number of aliphatic hydroxyl groups excluding tert-OH is 1. The van der Waals surface area contributed by atoms with E-state index in [2.05, 4.69) is 52.2 Å². The maximum atomic E-state index is 14.2. The first-order valence-electron chi connectivity index (χ1n) is 20.6. The standard InChI is InChI=1S/C42H54N12O10/c1-22(2)13-30(42(64)54-43)49-36(58)19-46-37(59)31(14-23-7-9-26(56)10-8-23)50-41(63)34(20-55)53-39(61)32(15-24-17-45-28-6-4-3-5-27(24)28)51-40(62)33(16-25-18-44-21-47-25)52-38(60)29-11-12-35(57)48-29/h3-10,17-18,21-22,29-34,45,55-56H,11-16,19-20,43H2,1-2H3,(H,44,47)(H,46,59)(H,48,57)(H,49,58)(H,50,63)(H,51,62)(H,52,60)(H,53,61)(H,54,64). The van der Waals surface area contributed by atoms with Gasteiger partial charge in [0, 0.05) is 54.7 Å². The zero-order chi connectivity index (χ0) is 46.3. The van der Waals surface area contributed by atoms with Crippen molar-refractivity contribution in [2.45, 2.75) is 88.6 Å². The number of carbonyl (C=O) groups is 8. The Bertz CT molecular complexity index is 2280. The van der Waals surface area contributed by atoms with Crippen molar-refractivity contribution in [2.24, 2.45) is 11.8 Å². The Hall–Kier alpha value is -7.33. The number of fused-ring (bicyclic) bond motifs is 1.